The number of rotatable bonds is 0. The van der Waals surface area contributed by atoms with Gasteiger partial charge in [0.25, 0.3) is 0 Å². The first-order valence-electron chi connectivity index (χ1n) is 5.32. The molecule has 2 atom stereocenters. The number of allylic oxidation sites excluding steroid dienone is 2. The van der Waals surface area contributed by atoms with Crippen molar-refractivity contribution in [2.24, 2.45) is 11.3 Å². The van der Waals surface area contributed by atoms with Crippen molar-refractivity contribution in [3.05, 3.63) is 11.6 Å². The normalized spacial score (nSPS) is 37.0. The number of nitriles is 1. The molecule has 0 amide bonds. The second-order valence-corrected chi connectivity index (χ2v) is 4.58. The molecule has 0 aromatic rings. The van der Waals surface area contributed by atoms with Crippen LogP contribution in [-0.4, -0.2) is 5.78 Å². The molecule has 0 spiro atoms. The van der Waals surface area contributed by atoms with Crippen LogP contribution in [0.25, 0.3) is 0 Å². The maximum absolute atomic E-state index is 11.8. The number of carbonyl (C=O) groups is 1. The lowest BCUT2D eigenvalue weighted by Crippen LogP contribution is -2.26. The highest BCUT2D eigenvalue weighted by molar-refractivity contribution is 5.97. The summed E-state index contributed by atoms with van der Waals surface area (Å²) in [7, 11) is 0. The van der Waals surface area contributed by atoms with Crippen LogP contribution in [0.5, 0.6) is 0 Å². The van der Waals surface area contributed by atoms with Gasteiger partial charge in [-0.25, -0.2) is 0 Å². The molecule has 2 nitrogen and oxygen atoms in total. The average molecular weight is 189 g/mol. The molecule has 2 aliphatic rings. The van der Waals surface area contributed by atoms with Gasteiger partial charge in [0, 0.05) is 11.8 Å². The highest BCUT2D eigenvalue weighted by Crippen LogP contribution is 2.49. The summed E-state index contributed by atoms with van der Waals surface area (Å²) < 4.78 is 0. The highest BCUT2D eigenvalue weighted by atomic mass is 16.1. The Kier molecular flexibility index (Phi) is 2.19. The second-order valence-electron chi connectivity index (χ2n) is 4.58. The van der Waals surface area contributed by atoms with Gasteiger partial charge in [-0.2, -0.15) is 5.26 Å². The van der Waals surface area contributed by atoms with Crippen LogP contribution in [0.2, 0.25) is 0 Å². The molecule has 0 heterocycles. The van der Waals surface area contributed by atoms with E-state index in [-0.39, 0.29) is 17.1 Å². The zero-order valence-electron chi connectivity index (χ0n) is 8.55. The minimum absolute atomic E-state index is 0.0274. The standard InChI is InChI=1S/C12H15NO/c1-12-7-3-2-4-11(14)10(12)6-5-9(12)8-13/h6,9H,2-5,7H2,1H3. The number of fused-ring (bicyclic) bond motifs is 1. The van der Waals surface area contributed by atoms with Crippen molar-refractivity contribution in [1.29, 1.82) is 5.26 Å². The quantitative estimate of drug-likeness (QED) is 0.587. The van der Waals surface area contributed by atoms with Gasteiger partial charge >= 0.3 is 0 Å². The molecule has 2 unspecified atom stereocenters. The first kappa shape index (κ1) is 9.45. The molecule has 0 N–H and O–H groups in total. The molecule has 74 valence electrons. The van der Waals surface area contributed by atoms with E-state index in [1.807, 2.05) is 6.08 Å². The van der Waals surface area contributed by atoms with E-state index in [0.29, 0.717) is 6.42 Å². The molecule has 0 saturated heterocycles. The summed E-state index contributed by atoms with van der Waals surface area (Å²) in [6.07, 6.45) is 6.53. The zero-order valence-corrected chi connectivity index (χ0v) is 8.55. The van der Waals surface area contributed by atoms with Gasteiger partial charge in [-0.1, -0.05) is 19.4 Å². The third-order valence-corrected chi connectivity index (χ3v) is 3.75. The predicted octanol–water partition coefficient (Wildman–Crippen LogP) is 2.61. The van der Waals surface area contributed by atoms with Gasteiger partial charge in [-0.3, -0.25) is 4.79 Å². The van der Waals surface area contributed by atoms with Crippen LogP contribution in [0.15, 0.2) is 11.6 Å². The average Bonchev–Trinajstić information content (AvgIpc) is 2.43. The lowest BCUT2D eigenvalue weighted by atomic mass is 9.73. The molecule has 2 aliphatic carbocycles. The lowest BCUT2D eigenvalue weighted by molar-refractivity contribution is -0.116. The van der Waals surface area contributed by atoms with Gasteiger partial charge in [0.2, 0.25) is 0 Å². The van der Waals surface area contributed by atoms with Crippen molar-refractivity contribution in [2.75, 3.05) is 0 Å². The van der Waals surface area contributed by atoms with Crippen molar-refractivity contribution >= 4 is 5.78 Å². The Morgan fingerprint density at radius 1 is 1.57 bits per heavy atom. The predicted molar refractivity (Wildman–Crippen MR) is 53.4 cm³/mol. The van der Waals surface area contributed by atoms with E-state index in [9.17, 15) is 4.79 Å². The highest BCUT2D eigenvalue weighted by Gasteiger charge is 2.44. The molecule has 1 fully saturated rings. The molecular weight excluding hydrogens is 174 g/mol. The number of Topliss-reactive ketones (excluding diaryl/α,β-unsaturated/α-hetero) is 1. The molecule has 0 radical (unpaired) electrons. The number of ketones is 1. The fourth-order valence-electron chi connectivity index (χ4n) is 2.77. The first-order valence-corrected chi connectivity index (χ1v) is 5.32. The van der Waals surface area contributed by atoms with E-state index in [4.69, 9.17) is 5.26 Å². The molecule has 0 aromatic carbocycles. The topological polar surface area (TPSA) is 40.9 Å². The van der Waals surface area contributed by atoms with E-state index in [2.05, 4.69) is 13.0 Å². The summed E-state index contributed by atoms with van der Waals surface area (Å²) in [5.74, 6) is 0.308. The van der Waals surface area contributed by atoms with Crippen LogP contribution in [0.3, 0.4) is 0 Å². The number of hydrogen-bond donors (Lipinski definition) is 0. The number of carbonyl (C=O) groups excluding carboxylic acids is 1. The van der Waals surface area contributed by atoms with E-state index < -0.39 is 0 Å². The smallest absolute Gasteiger partial charge is 0.159 e. The Balaban J connectivity index is 2.37. The van der Waals surface area contributed by atoms with Crippen LogP contribution < -0.4 is 0 Å². The largest absolute Gasteiger partial charge is 0.295 e. The fourth-order valence-corrected chi connectivity index (χ4v) is 2.77. The van der Waals surface area contributed by atoms with Crippen molar-refractivity contribution < 1.29 is 4.79 Å². The van der Waals surface area contributed by atoms with Crippen molar-refractivity contribution in [3.63, 3.8) is 0 Å². The SMILES string of the molecule is CC12CCCCC(=O)C1=CCC2C#N. The Morgan fingerprint density at radius 3 is 3.07 bits per heavy atom. The maximum atomic E-state index is 11.8. The van der Waals surface area contributed by atoms with E-state index >= 15 is 0 Å². The van der Waals surface area contributed by atoms with Crippen LogP contribution >= 0.6 is 0 Å². The second kappa shape index (κ2) is 3.24. The summed E-state index contributed by atoms with van der Waals surface area (Å²) in [5.41, 5.74) is 0.809. The van der Waals surface area contributed by atoms with Gasteiger partial charge in [0.05, 0.1) is 12.0 Å². The molecule has 2 rings (SSSR count). The van der Waals surface area contributed by atoms with Gasteiger partial charge in [-0.05, 0) is 24.8 Å². The van der Waals surface area contributed by atoms with Crippen LogP contribution in [0, 0.1) is 22.7 Å². The molecule has 0 bridgehead atoms. The Labute approximate surface area is 84.6 Å². The first-order chi connectivity index (χ1) is 6.68. The van der Waals surface area contributed by atoms with E-state index in [1.165, 1.54) is 0 Å². The minimum atomic E-state index is -0.137. The summed E-state index contributed by atoms with van der Waals surface area (Å²) in [6, 6.07) is 2.35. The third kappa shape index (κ3) is 1.19. The third-order valence-electron chi connectivity index (χ3n) is 3.75. The summed E-state index contributed by atoms with van der Waals surface area (Å²) in [6.45, 7) is 2.09. The Hall–Kier alpha value is -1.10. The molecule has 0 aliphatic heterocycles. The monoisotopic (exact) mass is 189 g/mol. The Morgan fingerprint density at radius 2 is 2.36 bits per heavy atom. The summed E-state index contributed by atoms with van der Waals surface area (Å²) >= 11 is 0. The minimum Gasteiger partial charge on any atom is -0.295 e. The van der Waals surface area contributed by atoms with Crippen molar-refractivity contribution in [2.45, 2.75) is 39.0 Å². The van der Waals surface area contributed by atoms with Crippen LogP contribution in [0.4, 0.5) is 0 Å². The molecule has 1 saturated carbocycles. The summed E-state index contributed by atoms with van der Waals surface area (Å²) in [5, 5.41) is 9.05. The molecular formula is C12H15NO. The van der Waals surface area contributed by atoms with E-state index in [0.717, 1.165) is 31.3 Å². The van der Waals surface area contributed by atoms with Gasteiger partial charge in [0.15, 0.2) is 5.78 Å². The van der Waals surface area contributed by atoms with Crippen molar-refractivity contribution in [3.8, 4) is 6.07 Å². The van der Waals surface area contributed by atoms with Crippen LogP contribution in [0.1, 0.15) is 39.0 Å². The van der Waals surface area contributed by atoms with Gasteiger partial charge < -0.3 is 0 Å². The lowest BCUT2D eigenvalue weighted by Gasteiger charge is -2.28. The Bertz CT molecular complexity index is 337. The maximum Gasteiger partial charge on any atom is 0.159 e. The van der Waals surface area contributed by atoms with Crippen LogP contribution in [-0.2, 0) is 4.79 Å². The molecule has 14 heavy (non-hydrogen) atoms. The van der Waals surface area contributed by atoms with E-state index in [1.54, 1.807) is 0 Å². The van der Waals surface area contributed by atoms with Gasteiger partial charge in [-0.15, -0.1) is 0 Å². The number of nitrogens with zero attached hydrogens (tertiary/aromatic N) is 1. The van der Waals surface area contributed by atoms with Crippen molar-refractivity contribution in [1.82, 2.24) is 0 Å². The fraction of sp³-hybridized carbons (Fsp3) is 0.667. The zero-order chi connectivity index (χ0) is 10.2. The van der Waals surface area contributed by atoms with Gasteiger partial charge in [0.1, 0.15) is 0 Å². The molecule has 0 aromatic heterocycles. The summed E-state index contributed by atoms with van der Waals surface area (Å²) in [4.78, 5) is 11.8. The molecule has 2 heteroatoms. The number of hydrogen-bond acceptors (Lipinski definition) is 2.